The number of rotatable bonds is 6. The Morgan fingerprint density at radius 2 is 1.90 bits per heavy atom. The Labute approximate surface area is 179 Å². The topological polar surface area (TPSA) is 75.7 Å². The number of nitrogens with one attached hydrogen (secondary N) is 1. The molecule has 1 heterocycles. The zero-order valence-electron chi connectivity index (χ0n) is 17.0. The molecule has 1 aliphatic heterocycles. The van der Waals surface area contributed by atoms with Gasteiger partial charge in [-0.15, -0.1) is 0 Å². The number of ether oxygens (including phenoxy) is 1. The van der Waals surface area contributed by atoms with Crippen LogP contribution in [0.1, 0.15) is 58.3 Å². The van der Waals surface area contributed by atoms with Crippen LogP contribution in [0.25, 0.3) is 0 Å². The first kappa shape index (κ1) is 22.4. The molecule has 0 spiro atoms. The van der Waals surface area contributed by atoms with Gasteiger partial charge in [-0.3, -0.25) is 4.79 Å². The lowest BCUT2D eigenvalue weighted by Gasteiger charge is -2.32. The fourth-order valence-electron chi connectivity index (χ4n) is 4.18. The molecule has 1 saturated heterocycles. The van der Waals surface area contributed by atoms with E-state index >= 15 is 0 Å². The first-order chi connectivity index (χ1) is 13.9. The molecule has 29 heavy (non-hydrogen) atoms. The summed E-state index contributed by atoms with van der Waals surface area (Å²) in [6.45, 7) is 2.93. The van der Waals surface area contributed by atoms with Gasteiger partial charge >= 0.3 is 0 Å². The van der Waals surface area contributed by atoms with Gasteiger partial charge in [0.15, 0.2) is 0 Å². The van der Waals surface area contributed by atoms with Gasteiger partial charge < -0.3 is 10.1 Å². The molecule has 1 N–H and O–H groups in total. The van der Waals surface area contributed by atoms with Crippen LogP contribution in [-0.4, -0.2) is 44.4 Å². The number of carbonyl (C=O) groups excluding carboxylic acids is 1. The molecule has 3 rings (SSSR count). The monoisotopic (exact) mass is 442 g/mol. The third kappa shape index (κ3) is 5.64. The summed E-state index contributed by atoms with van der Waals surface area (Å²) < 4.78 is 33.0. The Kier molecular flexibility index (Phi) is 7.82. The zero-order chi connectivity index (χ0) is 20.9. The van der Waals surface area contributed by atoms with Gasteiger partial charge in [0.05, 0.1) is 22.4 Å². The molecular formula is C21H31ClN2O4S. The number of halogens is 1. The molecule has 8 heteroatoms. The predicted molar refractivity (Wildman–Crippen MR) is 114 cm³/mol. The van der Waals surface area contributed by atoms with Crippen LogP contribution in [0.4, 0.5) is 0 Å². The Morgan fingerprint density at radius 3 is 2.55 bits per heavy atom. The van der Waals surface area contributed by atoms with Crippen LogP contribution in [0.15, 0.2) is 23.1 Å². The van der Waals surface area contributed by atoms with Crippen LogP contribution in [0.2, 0.25) is 5.02 Å². The third-order valence-corrected chi connectivity index (χ3v) is 7.95. The smallest absolute Gasteiger partial charge is 0.243 e. The second kappa shape index (κ2) is 10.1. The van der Waals surface area contributed by atoms with Crippen molar-refractivity contribution in [1.29, 1.82) is 0 Å². The SMILES string of the molecule is CCOc1ccc(S(=O)(=O)N2CCC[C@@H](C(=O)NC3CCCCCC3)C2)cc1Cl. The highest BCUT2D eigenvalue weighted by molar-refractivity contribution is 7.89. The second-order valence-corrected chi connectivity index (χ2v) is 10.3. The van der Waals surface area contributed by atoms with Crippen molar-refractivity contribution >= 4 is 27.5 Å². The fourth-order valence-corrected chi connectivity index (χ4v) is 6.03. The molecule has 1 saturated carbocycles. The Balaban J connectivity index is 1.67. The summed E-state index contributed by atoms with van der Waals surface area (Å²) in [5.41, 5.74) is 0. The minimum Gasteiger partial charge on any atom is -0.492 e. The highest BCUT2D eigenvalue weighted by Crippen LogP contribution is 2.30. The lowest BCUT2D eigenvalue weighted by atomic mass is 9.97. The minimum absolute atomic E-state index is 0.0125. The normalized spacial score (nSPS) is 22.1. The van der Waals surface area contributed by atoms with Crippen LogP contribution < -0.4 is 10.1 Å². The summed E-state index contributed by atoms with van der Waals surface area (Å²) in [5.74, 6) is 0.147. The fraction of sp³-hybridized carbons (Fsp3) is 0.667. The number of nitrogens with zero attached hydrogens (tertiary/aromatic N) is 1. The Hall–Kier alpha value is -1.31. The van der Waals surface area contributed by atoms with E-state index in [4.69, 9.17) is 16.3 Å². The highest BCUT2D eigenvalue weighted by Gasteiger charge is 2.34. The second-order valence-electron chi connectivity index (χ2n) is 7.92. The number of benzene rings is 1. The molecule has 1 amide bonds. The Morgan fingerprint density at radius 1 is 1.17 bits per heavy atom. The summed E-state index contributed by atoms with van der Waals surface area (Å²) in [7, 11) is -3.71. The van der Waals surface area contributed by atoms with Crippen molar-refractivity contribution in [2.24, 2.45) is 5.92 Å². The quantitative estimate of drug-likeness (QED) is 0.676. The predicted octanol–water partition coefficient (Wildman–Crippen LogP) is 3.98. The van der Waals surface area contributed by atoms with Gasteiger partial charge in [0.1, 0.15) is 5.75 Å². The molecular weight excluding hydrogens is 412 g/mol. The van der Waals surface area contributed by atoms with Crippen molar-refractivity contribution in [2.75, 3.05) is 19.7 Å². The average Bonchev–Trinajstić information content (AvgIpc) is 2.98. The molecule has 0 unspecified atom stereocenters. The third-order valence-electron chi connectivity index (χ3n) is 5.80. The highest BCUT2D eigenvalue weighted by atomic mass is 35.5. The summed E-state index contributed by atoms with van der Waals surface area (Å²) >= 11 is 6.18. The van der Waals surface area contributed by atoms with Crippen LogP contribution in [0, 0.1) is 5.92 Å². The molecule has 1 aromatic carbocycles. The van der Waals surface area contributed by atoms with Crippen molar-refractivity contribution < 1.29 is 17.9 Å². The van der Waals surface area contributed by atoms with Gasteiger partial charge in [-0.2, -0.15) is 4.31 Å². The summed E-state index contributed by atoms with van der Waals surface area (Å²) in [6.07, 6.45) is 8.18. The Bertz CT molecular complexity index is 807. The van der Waals surface area contributed by atoms with Crippen molar-refractivity contribution in [3.8, 4) is 5.75 Å². The largest absolute Gasteiger partial charge is 0.492 e. The van der Waals surface area contributed by atoms with Gasteiger partial charge in [0.2, 0.25) is 15.9 Å². The van der Waals surface area contributed by atoms with Gasteiger partial charge in [0.25, 0.3) is 0 Å². The number of hydrogen-bond acceptors (Lipinski definition) is 4. The molecule has 0 aromatic heterocycles. The van der Waals surface area contributed by atoms with Gasteiger partial charge in [-0.05, 0) is 50.8 Å². The summed E-state index contributed by atoms with van der Waals surface area (Å²) in [6, 6.07) is 4.75. The van der Waals surface area contributed by atoms with E-state index in [1.165, 1.54) is 29.3 Å². The number of piperidine rings is 1. The maximum Gasteiger partial charge on any atom is 0.243 e. The van der Waals surface area contributed by atoms with Gasteiger partial charge in [-0.25, -0.2) is 8.42 Å². The molecule has 1 aliphatic carbocycles. The maximum absolute atomic E-state index is 13.1. The number of hydrogen-bond donors (Lipinski definition) is 1. The maximum atomic E-state index is 13.1. The average molecular weight is 443 g/mol. The molecule has 2 aliphatic rings. The van der Waals surface area contributed by atoms with Crippen LogP contribution >= 0.6 is 11.6 Å². The van der Waals surface area contributed by atoms with E-state index in [-0.39, 0.29) is 34.3 Å². The van der Waals surface area contributed by atoms with Crippen LogP contribution in [0.5, 0.6) is 5.75 Å². The first-order valence-electron chi connectivity index (χ1n) is 10.6. The van der Waals surface area contributed by atoms with E-state index in [1.807, 2.05) is 6.92 Å². The molecule has 1 atom stereocenters. The molecule has 1 aromatic rings. The van der Waals surface area contributed by atoms with E-state index in [0.717, 1.165) is 25.7 Å². The molecule has 162 valence electrons. The van der Waals surface area contributed by atoms with Crippen LogP contribution in [-0.2, 0) is 14.8 Å². The lowest BCUT2D eigenvalue weighted by molar-refractivity contribution is -0.126. The van der Waals surface area contributed by atoms with E-state index < -0.39 is 10.0 Å². The minimum atomic E-state index is -3.71. The van der Waals surface area contributed by atoms with Crippen molar-refractivity contribution in [2.45, 2.75) is 69.2 Å². The first-order valence-corrected chi connectivity index (χ1v) is 12.5. The van der Waals surface area contributed by atoms with Crippen molar-refractivity contribution in [3.05, 3.63) is 23.2 Å². The van der Waals surface area contributed by atoms with Crippen molar-refractivity contribution in [1.82, 2.24) is 9.62 Å². The molecule has 2 fully saturated rings. The van der Waals surface area contributed by atoms with Crippen molar-refractivity contribution in [3.63, 3.8) is 0 Å². The number of carbonyl (C=O) groups is 1. The van der Waals surface area contributed by atoms with Gasteiger partial charge in [-0.1, -0.05) is 37.3 Å². The zero-order valence-corrected chi connectivity index (χ0v) is 18.6. The summed E-state index contributed by atoms with van der Waals surface area (Å²) in [4.78, 5) is 12.9. The number of amides is 1. The molecule has 0 radical (unpaired) electrons. The molecule has 0 bridgehead atoms. The molecule has 6 nitrogen and oxygen atoms in total. The van der Waals surface area contributed by atoms with Crippen LogP contribution in [0.3, 0.4) is 0 Å². The standard InChI is InChI=1S/C21H31ClN2O4S/c1-2-28-20-12-11-18(14-19(20)22)29(26,27)24-13-7-8-16(15-24)21(25)23-17-9-5-3-4-6-10-17/h11-12,14,16-17H,2-10,13,15H2,1H3,(H,23,25)/t16-/m1/s1. The van der Waals surface area contributed by atoms with E-state index in [9.17, 15) is 13.2 Å². The number of sulfonamides is 1. The van der Waals surface area contributed by atoms with Gasteiger partial charge in [0, 0.05) is 19.1 Å². The van der Waals surface area contributed by atoms with E-state index in [0.29, 0.717) is 31.7 Å². The lowest BCUT2D eigenvalue weighted by Crippen LogP contribution is -2.47. The van der Waals surface area contributed by atoms with E-state index in [1.54, 1.807) is 6.07 Å². The summed E-state index contributed by atoms with van der Waals surface area (Å²) in [5, 5.41) is 3.44. The van der Waals surface area contributed by atoms with E-state index in [2.05, 4.69) is 5.32 Å².